The Balaban J connectivity index is 1.80. The highest BCUT2D eigenvalue weighted by Gasteiger charge is 2.14. The van der Waals surface area contributed by atoms with Gasteiger partial charge in [0.1, 0.15) is 24.0 Å². The monoisotopic (exact) mass is 560 g/mol. The number of hydrogen-bond donors (Lipinski definition) is 1. The van der Waals surface area contributed by atoms with Crippen molar-refractivity contribution in [2.24, 2.45) is 0 Å². The zero-order chi connectivity index (χ0) is 24.7. The topological polar surface area (TPSA) is 80.6 Å². The van der Waals surface area contributed by atoms with Gasteiger partial charge in [-0.25, -0.2) is 0 Å². The van der Waals surface area contributed by atoms with Crippen LogP contribution < -0.4 is 19.5 Å². The fourth-order valence-electron chi connectivity index (χ4n) is 2.90. The van der Waals surface area contributed by atoms with E-state index in [4.69, 9.17) is 37.4 Å². The molecule has 1 amide bonds. The van der Waals surface area contributed by atoms with Crippen LogP contribution in [0.3, 0.4) is 0 Å². The van der Waals surface area contributed by atoms with E-state index in [0.717, 1.165) is 5.56 Å². The largest absolute Gasteiger partial charge is 0.497 e. The quantitative estimate of drug-likeness (QED) is 0.239. The van der Waals surface area contributed by atoms with Gasteiger partial charge in [-0.2, -0.15) is 5.26 Å². The van der Waals surface area contributed by atoms with Crippen LogP contribution in [0.2, 0.25) is 10.0 Å². The van der Waals surface area contributed by atoms with E-state index < -0.39 is 5.91 Å². The second-order valence-corrected chi connectivity index (χ2v) is 8.60. The van der Waals surface area contributed by atoms with Crippen LogP contribution >= 0.6 is 39.1 Å². The van der Waals surface area contributed by atoms with Crippen LogP contribution in [0.4, 0.5) is 5.69 Å². The standard InChI is InChI=1S/C25H19BrCl2N2O4/c1-32-20-7-5-19(6-8-20)30-25(31)17(13-29)9-16-10-23(33-2)24(12-21(16)26)34-14-15-3-4-18(27)11-22(15)28/h3-12H,14H2,1-2H3,(H,30,31)/b17-9-. The van der Waals surface area contributed by atoms with Crippen molar-refractivity contribution in [3.63, 3.8) is 0 Å². The van der Waals surface area contributed by atoms with Crippen molar-refractivity contribution in [3.8, 4) is 23.3 Å². The third-order valence-corrected chi connectivity index (χ3v) is 5.97. The van der Waals surface area contributed by atoms with Crippen molar-refractivity contribution < 1.29 is 19.0 Å². The molecule has 0 spiro atoms. The SMILES string of the molecule is COc1ccc(NC(=O)/C(C#N)=C\c2cc(OC)c(OCc3ccc(Cl)cc3Cl)cc2Br)cc1. The number of benzene rings is 3. The Bertz CT molecular complexity index is 1270. The van der Waals surface area contributed by atoms with Crippen LogP contribution in [0.15, 0.2) is 64.6 Å². The molecule has 3 aromatic rings. The number of nitriles is 1. The number of methoxy groups -OCH3 is 2. The second-order valence-electron chi connectivity index (χ2n) is 6.90. The molecule has 1 N–H and O–H groups in total. The van der Waals surface area contributed by atoms with Gasteiger partial charge in [0.05, 0.1) is 14.2 Å². The number of anilines is 1. The summed E-state index contributed by atoms with van der Waals surface area (Å²) in [5.74, 6) is 0.994. The second kappa shape index (κ2) is 11.8. The van der Waals surface area contributed by atoms with E-state index in [1.54, 1.807) is 61.7 Å². The van der Waals surface area contributed by atoms with Crippen molar-refractivity contribution in [2.45, 2.75) is 6.61 Å². The lowest BCUT2D eigenvalue weighted by Gasteiger charge is -2.14. The lowest BCUT2D eigenvalue weighted by atomic mass is 10.1. The Morgan fingerprint density at radius 3 is 2.41 bits per heavy atom. The number of carbonyl (C=O) groups is 1. The molecule has 174 valence electrons. The van der Waals surface area contributed by atoms with Gasteiger partial charge >= 0.3 is 0 Å². The molecule has 0 fully saturated rings. The van der Waals surface area contributed by atoms with Crippen LogP contribution in [-0.2, 0) is 11.4 Å². The van der Waals surface area contributed by atoms with E-state index in [9.17, 15) is 10.1 Å². The summed E-state index contributed by atoms with van der Waals surface area (Å²) >= 11 is 15.6. The highest BCUT2D eigenvalue weighted by Crippen LogP contribution is 2.35. The molecule has 0 aromatic heterocycles. The molecule has 0 saturated carbocycles. The zero-order valence-corrected chi connectivity index (χ0v) is 21.3. The van der Waals surface area contributed by atoms with Gasteiger partial charge in [0, 0.05) is 25.8 Å². The van der Waals surface area contributed by atoms with Crippen LogP contribution in [0, 0.1) is 11.3 Å². The number of carbonyl (C=O) groups excluding carboxylic acids is 1. The van der Waals surface area contributed by atoms with E-state index in [0.29, 0.717) is 43.0 Å². The number of halogens is 3. The minimum atomic E-state index is -0.545. The van der Waals surface area contributed by atoms with E-state index in [-0.39, 0.29) is 12.2 Å². The summed E-state index contributed by atoms with van der Waals surface area (Å²) < 4.78 is 17.0. The molecular formula is C25H19BrCl2N2O4. The van der Waals surface area contributed by atoms with E-state index >= 15 is 0 Å². The van der Waals surface area contributed by atoms with Crippen LogP contribution in [0.1, 0.15) is 11.1 Å². The summed E-state index contributed by atoms with van der Waals surface area (Å²) in [5.41, 5.74) is 1.78. The van der Waals surface area contributed by atoms with Crippen LogP contribution in [0.5, 0.6) is 17.2 Å². The molecule has 0 atom stereocenters. The van der Waals surface area contributed by atoms with E-state index in [2.05, 4.69) is 21.2 Å². The van der Waals surface area contributed by atoms with Gasteiger partial charge in [-0.05, 0) is 60.2 Å². The summed E-state index contributed by atoms with van der Waals surface area (Å²) in [7, 11) is 3.06. The molecule has 34 heavy (non-hydrogen) atoms. The lowest BCUT2D eigenvalue weighted by Crippen LogP contribution is -2.13. The van der Waals surface area contributed by atoms with Gasteiger partial charge in [0.2, 0.25) is 0 Å². The predicted molar refractivity (Wildman–Crippen MR) is 137 cm³/mol. The maximum atomic E-state index is 12.6. The smallest absolute Gasteiger partial charge is 0.266 e. The van der Waals surface area contributed by atoms with Crippen molar-refractivity contribution in [3.05, 3.63) is 85.8 Å². The molecule has 0 aliphatic carbocycles. The molecule has 0 radical (unpaired) electrons. The van der Waals surface area contributed by atoms with Gasteiger partial charge in [-0.15, -0.1) is 0 Å². The fourth-order valence-corrected chi connectivity index (χ4v) is 3.80. The number of hydrogen-bond acceptors (Lipinski definition) is 5. The van der Waals surface area contributed by atoms with Gasteiger partial charge < -0.3 is 19.5 Å². The minimum absolute atomic E-state index is 0.0832. The summed E-state index contributed by atoms with van der Waals surface area (Å²) in [4.78, 5) is 12.6. The van der Waals surface area contributed by atoms with Crippen molar-refractivity contribution in [1.29, 1.82) is 5.26 Å². The Hall–Kier alpha value is -3.18. The number of nitrogens with one attached hydrogen (secondary N) is 1. The van der Waals surface area contributed by atoms with Gasteiger partial charge in [0.25, 0.3) is 5.91 Å². The molecule has 9 heteroatoms. The van der Waals surface area contributed by atoms with Gasteiger partial charge in [-0.3, -0.25) is 4.79 Å². The van der Waals surface area contributed by atoms with Crippen molar-refractivity contribution in [2.75, 3.05) is 19.5 Å². The molecule has 0 bridgehead atoms. The van der Waals surface area contributed by atoms with Crippen LogP contribution in [-0.4, -0.2) is 20.1 Å². The van der Waals surface area contributed by atoms with E-state index in [1.165, 1.54) is 13.2 Å². The first kappa shape index (κ1) is 25.4. The average Bonchev–Trinajstić information content (AvgIpc) is 2.83. The Labute approximate surface area is 215 Å². The molecule has 0 unspecified atom stereocenters. The van der Waals surface area contributed by atoms with Gasteiger partial charge in [0.15, 0.2) is 11.5 Å². The number of ether oxygens (including phenoxy) is 3. The molecular weight excluding hydrogens is 543 g/mol. The van der Waals surface area contributed by atoms with Crippen LogP contribution in [0.25, 0.3) is 6.08 Å². The number of amides is 1. The summed E-state index contributed by atoms with van der Waals surface area (Å²) in [6.07, 6.45) is 1.46. The first-order valence-electron chi connectivity index (χ1n) is 9.86. The molecule has 6 nitrogen and oxygen atoms in total. The Morgan fingerprint density at radius 2 is 1.79 bits per heavy atom. The molecule has 3 rings (SSSR count). The number of nitrogens with zero attached hydrogens (tertiary/aromatic N) is 1. The zero-order valence-electron chi connectivity index (χ0n) is 18.2. The summed E-state index contributed by atoms with van der Waals surface area (Å²) in [6.45, 7) is 0.196. The average molecular weight is 562 g/mol. The first-order chi connectivity index (χ1) is 16.3. The van der Waals surface area contributed by atoms with Crippen molar-refractivity contribution in [1.82, 2.24) is 0 Å². The maximum absolute atomic E-state index is 12.6. The van der Waals surface area contributed by atoms with Gasteiger partial charge in [-0.1, -0.05) is 45.2 Å². The fraction of sp³-hybridized carbons (Fsp3) is 0.120. The molecule has 0 aliphatic rings. The van der Waals surface area contributed by atoms with Crippen molar-refractivity contribution >= 4 is 56.8 Å². The summed E-state index contributed by atoms with van der Waals surface area (Å²) in [5, 5.41) is 13.3. The summed E-state index contributed by atoms with van der Waals surface area (Å²) in [6, 6.07) is 17.2. The first-order valence-corrected chi connectivity index (χ1v) is 11.4. The molecule has 0 heterocycles. The Kier molecular flexibility index (Phi) is 8.83. The molecule has 0 saturated heterocycles. The predicted octanol–water partition coefficient (Wildman–Crippen LogP) is 6.90. The number of rotatable bonds is 8. The molecule has 3 aromatic carbocycles. The normalized spacial score (nSPS) is 10.9. The van der Waals surface area contributed by atoms with E-state index in [1.807, 2.05) is 6.07 Å². The highest BCUT2D eigenvalue weighted by molar-refractivity contribution is 9.10. The molecule has 0 aliphatic heterocycles. The third-order valence-electron chi connectivity index (χ3n) is 4.69. The lowest BCUT2D eigenvalue weighted by molar-refractivity contribution is -0.112. The minimum Gasteiger partial charge on any atom is -0.497 e. The maximum Gasteiger partial charge on any atom is 0.266 e. The highest BCUT2D eigenvalue weighted by atomic mass is 79.9. The Morgan fingerprint density at radius 1 is 1.06 bits per heavy atom. The third kappa shape index (κ3) is 6.45.